The predicted molar refractivity (Wildman–Crippen MR) is 120 cm³/mol. The van der Waals surface area contributed by atoms with Crippen LogP contribution in [-0.4, -0.2) is 10.2 Å². The number of rotatable bonds is 4. The predicted octanol–water partition coefficient (Wildman–Crippen LogP) is 7.76. The third-order valence-corrected chi connectivity index (χ3v) is 7.19. The molecule has 2 aliphatic rings. The van der Waals surface area contributed by atoms with Crippen molar-refractivity contribution < 1.29 is 10.2 Å². The van der Waals surface area contributed by atoms with Crippen LogP contribution in [0, 0.1) is 39.4 Å². The molecule has 0 aromatic rings. The second kappa shape index (κ2) is 7.43. The summed E-state index contributed by atoms with van der Waals surface area (Å²) in [5, 5.41) is 20.6. The topological polar surface area (TPSA) is 40.5 Å². The van der Waals surface area contributed by atoms with E-state index >= 15 is 0 Å². The lowest BCUT2D eigenvalue weighted by atomic mass is 9.47. The molecular formula is C26H42O2. The summed E-state index contributed by atoms with van der Waals surface area (Å²) in [6.45, 7) is 20.6. The van der Waals surface area contributed by atoms with Crippen LogP contribution in [0.5, 0.6) is 0 Å². The molecule has 2 aliphatic carbocycles. The molecule has 2 nitrogen and oxygen atoms in total. The van der Waals surface area contributed by atoms with Gasteiger partial charge >= 0.3 is 0 Å². The van der Waals surface area contributed by atoms with Crippen LogP contribution in [0.25, 0.3) is 0 Å². The molecule has 0 saturated heterocycles. The van der Waals surface area contributed by atoms with Crippen LogP contribution in [0.1, 0.15) is 75.2 Å². The zero-order valence-electron chi connectivity index (χ0n) is 19.5. The Balaban J connectivity index is 2.66. The van der Waals surface area contributed by atoms with E-state index < -0.39 is 0 Å². The minimum absolute atomic E-state index is 0.0312. The van der Waals surface area contributed by atoms with Crippen LogP contribution >= 0.6 is 0 Å². The van der Waals surface area contributed by atoms with Gasteiger partial charge in [0, 0.05) is 0 Å². The highest BCUT2D eigenvalue weighted by Gasteiger charge is 2.54. The van der Waals surface area contributed by atoms with Gasteiger partial charge in [0.05, 0.1) is 0 Å². The molecule has 0 heterocycles. The van der Waals surface area contributed by atoms with Crippen molar-refractivity contribution >= 4 is 0 Å². The van der Waals surface area contributed by atoms with E-state index in [0.29, 0.717) is 17.4 Å². The molecule has 0 aromatic heterocycles. The Morgan fingerprint density at radius 2 is 1.18 bits per heavy atom. The number of aliphatic hydroxyl groups is 2. The van der Waals surface area contributed by atoms with Gasteiger partial charge in [0.1, 0.15) is 11.5 Å². The van der Waals surface area contributed by atoms with Crippen molar-refractivity contribution in [1.29, 1.82) is 0 Å². The van der Waals surface area contributed by atoms with Crippen molar-refractivity contribution in [3.63, 3.8) is 0 Å². The van der Waals surface area contributed by atoms with E-state index in [1.165, 1.54) is 0 Å². The summed E-state index contributed by atoms with van der Waals surface area (Å²) in [6, 6.07) is 0. The van der Waals surface area contributed by atoms with E-state index in [0.717, 1.165) is 12.8 Å². The molecule has 2 N–H and O–H groups in total. The van der Waals surface area contributed by atoms with E-state index in [1.54, 1.807) is 0 Å². The molecule has 28 heavy (non-hydrogen) atoms. The number of allylic oxidation sites excluding steroid dienone is 6. The van der Waals surface area contributed by atoms with Crippen LogP contribution in [0.3, 0.4) is 0 Å². The molecule has 158 valence electrons. The second-order valence-electron chi connectivity index (χ2n) is 11.6. The molecule has 2 rings (SSSR count). The monoisotopic (exact) mass is 386 g/mol. The average Bonchev–Trinajstić information content (AvgIpc) is 2.55. The fourth-order valence-corrected chi connectivity index (χ4v) is 6.16. The molecule has 4 atom stereocenters. The van der Waals surface area contributed by atoms with Crippen LogP contribution in [0.4, 0.5) is 0 Å². The summed E-state index contributed by atoms with van der Waals surface area (Å²) in [5.41, 5.74) is -0.124. The number of aliphatic hydroxyl groups excluding tert-OH is 2. The molecule has 0 aliphatic heterocycles. The highest BCUT2D eigenvalue weighted by Crippen LogP contribution is 2.61. The fourth-order valence-electron chi connectivity index (χ4n) is 6.16. The maximum absolute atomic E-state index is 10.3. The number of hydrogen-bond donors (Lipinski definition) is 2. The normalized spacial score (nSPS) is 34.8. The lowest BCUT2D eigenvalue weighted by Crippen LogP contribution is -2.51. The molecule has 0 amide bonds. The third kappa shape index (κ3) is 4.11. The van der Waals surface area contributed by atoms with Gasteiger partial charge in [-0.25, -0.2) is 0 Å². The van der Waals surface area contributed by atoms with Gasteiger partial charge in [-0.2, -0.15) is 0 Å². The standard InChI is InChI=1S/C26H42O2/c1-10-11-20(25(8)14-12-18(27)16-21(25)23(2,3)4)26(9)15-13-19(28)17-22(26)24(5,6)7/h12-17,20-22,27-28H,10-11H2,1-9H3. The maximum Gasteiger partial charge on any atom is 0.111 e. The van der Waals surface area contributed by atoms with E-state index in [9.17, 15) is 10.2 Å². The summed E-state index contributed by atoms with van der Waals surface area (Å²) in [5.74, 6) is 1.59. The molecule has 0 spiro atoms. The Bertz CT molecular complexity index is 637. The minimum atomic E-state index is -0.0934. The van der Waals surface area contributed by atoms with Crippen LogP contribution in [0.15, 0.2) is 48.0 Å². The van der Waals surface area contributed by atoms with Gasteiger partial charge in [-0.05, 0) is 70.1 Å². The summed E-state index contributed by atoms with van der Waals surface area (Å²) < 4.78 is 0. The van der Waals surface area contributed by atoms with Gasteiger partial charge in [-0.1, -0.05) is 80.9 Å². The van der Waals surface area contributed by atoms with Gasteiger partial charge in [0.25, 0.3) is 0 Å². The van der Waals surface area contributed by atoms with Crippen molar-refractivity contribution in [3.8, 4) is 0 Å². The Hall–Kier alpha value is -1.44. The first-order valence-corrected chi connectivity index (χ1v) is 10.9. The Morgan fingerprint density at radius 3 is 1.46 bits per heavy atom. The molecule has 0 aromatic carbocycles. The molecule has 4 unspecified atom stereocenters. The summed E-state index contributed by atoms with van der Waals surface area (Å²) >= 11 is 0. The zero-order valence-corrected chi connectivity index (χ0v) is 19.5. The Kier molecular flexibility index (Phi) is 6.06. The summed E-state index contributed by atoms with van der Waals surface area (Å²) in [4.78, 5) is 0. The quantitative estimate of drug-likeness (QED) is 0.518. The molecule has 0 fully saturated rings. The van der Waals surface area contributed by atoms with E-state index in [-0.39, 0.29) is 33.5 Å². The van der Waals surface area contributed by atoms with Crippen molar-refractivity contribution in [2.24, 2.45) is 39.4 Å². The largest absolute Gasteiger partial charge is 0.508 e. The van der Waals surface area contributed by atoms with Gasteiger partial charge in [-0.3, -0.25) is 0 Å². The third-order valence-electron chi connectivity index (χ3n) is 7.19. The second-order valence-corrected chi connectivity index (χ2v) is 11.6. The first kappa shape index (κ1) is 22.8. The molecule has 2 heteroatoms. The van der Waals surface area contributed by atoms with Crippen LogP contribution < -0.4 is 0 Å². The number of hydrogen-bond acceptors (Lipinski definition) is 2. The molecule has 0 bridgehead atoms. The minimum Gasteiger partial charge on any atom is -0.508 e. The van der Waals surface area contributed by atoms with E-state index in [4.69, 9.17) is 0 Å². The lowest BCUT2D eigenvalue weighted by molar-refractivity contribution is -0.0193. The van der Waals surface area contributed by atoms with Crippen molar-refractivity contribution in [2.75, 3.05) is 0 Å². The van der Waals surface area contributed by atoms with Crippen molar-refractivity contribution in [2.45, 2.75) is 75.2 Å². The molecular weight excluding hydrogens is 344 g/mol. The first-order chi connectivity index (χ1) is 12.7. The van der Waals surface area contributed by atoms with Crippen LogP contribution in [-0.2, 0) is 0 Å². The summed E-state index contributed by atoms with van der Waals surface area (Å²) in [7, 11) is 0. The van der Waals surface area contributed by atoms with Crippen molar-refractivity contribution in [1.82, 2.24) is 0 Å². The Labute approximate surface area is 173 Å². The zero-order chi connectivity index (χ0) is 21.5. The van der Waals surface area contributed by atoms with Gasteiger partial charge in [-0.15, -0.1) is 0 Å². The lowest BCUT2D eigenvalue weighted by Gasteiger charge is -2.57. The Morgan fingerprint density at radius 1 is 0.821 bits per heavy atom. The summed E-state index contributed by atoms with van der Waals surface area (Å²) in [6.07, 6.45) is 14.6. The molecule has 0 radical (unpaired) electrons. The van der Waals surface area contributed by atoms with Crippen LogP contribution in [0.2, 0.25) is 0 Å². The SMILES string of the molecule is CCCC(C1(C)C=CC(O)=CC1C(C)(C)C)C1(C)C=CC(O)=CC1C(C)(C)C. The van der Waals surface area contributed by atoms with Crippen molar-refractivity contribution in [3.05, 3.63) is 48.0 Å². The van der Waals surface area contributed by atoms with E-state index in [1.807, 2.05) is 12.2 Å². The smallest absolute Gasteiger partial charge is 0.111 e. The highest BCUT2D eigenvalue weighted by molar-refractivity contribution is 5.32. The van der Waals surface area contributed by atoms with Gasteiger partial charge < -0.3 is 10.2 Å². The van der Waals surface area contributed by atoms with E-state index in [2.05, 4.69) is 86.6 Å². The van der Waals surface area contributed by atoms with Gasteiger partial charge in [0.2, 0.25) is 0 Å². The first-order valence-electron chi connectivity index (χ1n) is 10.9. The fraction of sp³-hybridized carbons (Fsp3) is 0.692. The molecule has 0 saturated carbocycles. The van der Waals surface area contributed by atoms with Gasteiger partial charge in [0.15, 0.2) is 0 Å². The average molecular weight is 387 g/mol. The highest BCUT2D eigenvalue weighted by atomic mass is 16.3. The maximum atomic E-state index is 10.3.